The van der Waals surface area contributed by atoms with Gasteiger partial charge in [-0.05, 0) is 25.5 Å². The average Bonchev–Trinajstić information content (AvgIpc) is 2.93. The van der Waals surface area contributed by atoms with Crippen LogP contribution >= 0.6 is 0 Å². The molecular weight excluding hydrogens is 365 g/mol. The molecule has 5 heteroatoms. The van der Waals surface area contributed by atoms with Crippen LogP contribution in [0.5, 0.6) is 0 Å². The minimum absolute atomic E-state index is 0. The smallest absolute Gasteiger partial charge is 0.352 e. The van der Waals surface area contributed by atoms with Crippen LogP contribution in [0.25, 0.3) is 0 Å². The molecule has 1 N–H and O–H groups in total. The average molecular weight is 382 g/mol. The summed E-state index contributed by atoms with van der Waals surface area (Å²) in [5.41, 5.74) is 4.44. The Morgan fingerprint density at radius 2 is 1.96 bits per heavy atom. The Morgan fingerprint density at radius 3 is 2.57 bits per heavy atom. The first-order valence-corrected chi connectivity index (χ1v) is 7.19. The zero-order valence-electron chi connectivity index (χ0n) is 13.2. The van der Waals surface area contributed by atoms with Gasteiger partial charge in [-0.1, -0.05) is 17.7 Å². The number of hydrogen-bond acceptors (Lipinski definition) is 3. The van der Waals surface area contributed by atoms with Gasteiger partial charge in [0.25, 0.3) is 0 Å². The van der Waals surface area contributed by atoms with E-state index in [4.69, 9.17) is 0 Å². The van der Waals surface area contributed by atoms with Gasteiger partial charge in [-0.3, -0.25) is 5.01 Å². The number of benzene rings is 2. The van der Waals surface area contributed by atoms with E-state index in [-0.39, 0.29) is 44.5 Å². The molecule has 0 aliphatic carbocycles. The molecule has 1 radical (unpaired) electrons. The first-order chi connectivity index (χ1) is 10.6. The predicted octanol–water partition coefficient (Wildman–Crippen LogP) is 3.49. The van der Waals surface area contributed by atoms with Crippen molar-refractivity contribution in [1.29, 1.82) is 0 Å². The van der Waals surface area contributed by atoms with E-state index in [9.17, 15) is 9.90 Å². The number of aliphatic carboxylic acids is 1. The molecule has 1 atom stereocenters. The molecule has 2 aromatic rings. The van der Waals surface area contributed by atoms with E-state index in [0.717, 1.165) is 16.8 Å². The summed E-state index contributed by atoms with van der Waals surface area (Å²) in [6.45, 7) is 4.06. The van der Waals surface area contributed by atoms with E-state index in [0.29, 0.717) is 6.42 Å². The van der Waals surface area contributed by atoms with Crippen molar-refractivity contribution < 1.29 is 42.6 Å². The minimum Gasteiger partial charge on any atom is -0.477 e. The number of rotatable bonds is 3. The van der Waals surface area contributed by atoms with Crippen LogP contribution in [0.2, 0.25) is 0 Å². The maximum absolute atomic E-state index is 11.3. The zero-order chi connectivity index (χ0) is 15.7. The van der Waals surface area contributed by atoms with E-state index < -0.39 is 5.97 Å². The van der Waals surface area contributed by atoms with Crippen LogP contribution < -0.4 is 5.01 Å². The van der Waals surface area contributed by atoms with Crippen molar-refractivity contribution in [2.24, 2.45) is 5.10 Å². The Labute approximate surface area is 161 Å². The van der Waals surface area contributed by atoms with Gasteiger partial charge in [0.1, 0.15) is 5.71 Å². The van der Waals surface area contributed by atoms with Crippen molar-refractivity contribution in [1.82, 2.24) is 0 Å². The molecule has 0 aromatic heterocycles. The molecular formula is C18H17N2O2Y-. The van der Waals surface area contributed by atoms with Crippen LogP contribution in [-0.4, -0.2) is 16.8 Å². The number of carboxylic acids is 1. The quantitative estimate of drug-likeness (QED) is 0.827. The number of carboxylic acid groups (broad SMARTS) is 1. The molecule has 0 amide bonds. The molecule has 115 valence electrons. The van der Waals surface area contributed by atoms with Crippen LogP contribution in [0.15, 0.2) is 47.6 Å². The normalized spacial score (nSPS) is 16.7. The van der Waals surface area contributed by atoms with Gasteiger partial charge in [0.15, 0.2) is 0 Å². The van der Waals surface area contributed by atoms with Gasteiger partial charge in [-0.2, -0.15) is 35.4 Å². The summed E-state index contributed by atoms with van der Waals surface area (Å²) >= 11 is 0. The van der Waals surface area contributed by atoms with E-state index in [1.807, 2.05) is 55.3 Å². The second kappa shape index (κ2) is 7.37. The molecule has 2 aromatic carbocycles. The predicted molar refractivity (Wildman–Crippen MR) is 86.1 cm³/mol. The van der Waals surface area contributed by atoms with Gasteiger partial charge in [0.05, 0.1) is 11.7 Å². The van der Waals surface area contributed by atoms with Crippen LogP contribution in [0.3, 0.4) is 0 Å². The molecule has 1 heterocycles. The third-order valence-corrected chi connectivity index (χ3v) is 3.89. The summed E-state index contributed by atoms with van der Waals surface area (Å²) in [6, 6.07) is 16.6. The fourth-order valence-electron chi connectivity index (χ4n) is 2.81. The maximum Gasteiger partial charge on any atom is 0.352 e. The fourth-order valence-corrected chi connectivity index (χ4v) is 2.81. The number of carbonyl (C=O) groups is 1. The summed E-state index contributed by atoms with van der Waals surface area (Å²) in [5, 5.41) is 15.5. The van der Waals surface area contributed by atoms with Gasteiger partial charge in [0, 0.05) is 39.1 Å². The topological polar surface area (TPSA) is 52.9 Å². The Hall–Kier alpha value is -1.52. The molecule has 1 aliphatic heterocycles. The van der Waals surface area contributed by atoms with E-state index in [2.05, 4.69) is 17.2 Å². The van der Waals surface area contributed by atoms with Crippen molar-refractivity contribution >= 4 is 17.4 Å². The molecule has 1 aliphatic rings. The molecule has 4 nitrogen and oxygen atoms in total. The monoisotopic (exact) mass is 382 g/mol. The van der Waals surface area contributed by atoms with Crippen molar-refractivity contribution in [3.63, 3.8) is 0 Å². The van der Waals surface area contributed by atoms with Crippen molar-refractivity contribution in [2.75, 3.05) is 5.01 Å². The van der Waals surface area contributed by atoms with E-state index in [1.165, 1.54) is 5.56 Å². The van der Waals surface area contributed by atoms with Gasteiger partial charge in [-0.25, -0.2) is 4.79 Å². The molecule has 0 saturated carbocycles. The molecule has 1 unspecified atom stereocenters. The number of hydrogen-bond donors (Lipinski definition) is 1. The van der Waals surface area contributed by atoms with Crippen LogP contribution in [0, 0.1) is 19.9 Å². The third kappa shape index (κ3) is 3.70. The first kappa shape index (κ1) is 17.8. The second-order valence-corrected chi connectivity index (χ2v) is 5.54. The minimum atomic E-state index is -0.959. The number of hydrazone groups is 1. The molecule has 0 saturated heterocycles. The molecule has 0 bridgehead atoms. The standard InChI is InChI=1S/C18H17N2O2.Y/c1-12-8-9-16(13(2)10-12)20-17(11-15(19-20)18(21)22)14-6-4-3-5-7-14;/h4-10,17H,11H2,1-2H3,(H,21,22);/q-1;. The summed E-state index contributed by atoms with van der Waals surface area (Å²) in [4.78, 5) is 11.3. The van der Waals surface area contributed by atoms with Crippen LogP contribution in [0.4, 0.5) is 5.69 Å². The second-order valence-electron chi connectivity index (χ2n) is 5.54. The SMILES string of the molecule is Cc1ccc(N2N=C(C(=O)O)CC2c2cc[c-]cc2)c(C)c1.[Y]. The Morgan fingerprint density at radius 1 is 1.26 bits per heavy atom. The molecule has 0 fully saturated rings. The van der Waals surface area contributed by atoms with Crippen molar-refractivity contribution in [2.45, 2.75) is 26.3 Å². The number of aryl methyl sites for hydroxylation is 2. The third-order valence-electron chi connectivity index (χ3n) is 3.89. The van der Waals surface area contributed by atoms with Crippen LogP contribution in [0.1, 0.15) is 29.2 Å². The maximum atomic E-state index is 11.3. The van der Waals surface area contributed by atoms with E-state index in [1.54, 1.807) is 0 Å². The Bertz CT molecular complexity index is 744. The fraction of sp³-hybridized carbons (Fsp3) is 0.222. The van der Waals surface area contributed by atoms with Gasteiger partial charge >= 0.3 is 5.97 Å². The van der Waals surface area contributed by atoms with Crippen molar-refractivity contribution in [3.05, 3.63) is 65.2 Å². The Kier molecular flexibility index (Phi) is 5.71. The molecule has 0 spiro atoms. The molecule has 3 rings (SSSR count). The Balaban J connectivity index is 0.00000192. The summed E-state index contributed by atoms with van der Waals surface area (Å²) in [5.74, 6) is -0.959. The largest absolute Gasteiger partial charge is 0.477 e. The number of anilines is 1. The summed E-state index contributed by atoms with van der Waals surface area (Å²) in [6.07, 6.45) is 0.395. The van der Waals surface area contributed by atoms with Crippen LogP contribution in [-0.2, 0) is 37.5 Å². The van der Waals surface area contributed by atoms with Crippen molar-refractivity contribution in [3.8, 4) is 0 Å². The summed E-state index contributed by atoms with van der Waals surface area (Å²) in [7, 11) is 0. The first-order valence-electron chi connectivity index (χ1n) is 7.19. The van der Waals surface area contributed by atoms with Gasteiger partial charge in [0.2, 0.25) is 0 Å². The zero-order valence-corrected chi connectivity index (χ0v) is 16.0. The van der Waals surface area contributed by atoms with Gasteiger partial charge < -0.3 is 5.11 Å². The van der Waals surface area contributed by atoms with Gasteiger partial charge in [-0.15, -0.1) is 5.56 Å². The number of nitrogens with zero attached hydrogens (tertiary/aromatic N) is 2. The van der Waals surface area contributed by atoms with E-state index >= 15 is 0 Å². The summed E-state index contributed by atoms with van der Waals surface area (Å²) < 4.78 is 0. The molecule has 23 heavy (non-hydrogen) atoms.